The highest BCUT2D eigenvalue weighted by Crippen LogP contribution is 2.33. The number of aliphatic carboxylic acids is 1. The molecule has 0 spiro atoms. The molecule has 1 aromatic heterocycles. The zero-order valence-electron chi connectivity index (χ0n) is 14.8. The Hall–Kier alpha value is -3.48. The summed E-state index contributed by atoms with van der Waals surface area (Å²) in [5, 5.41) is 29.0. The molecular formula is C20H19NO6. The first-order valence-corrected chi connectivity index (χ1v) is 8.36. The van der Waals surface area contributed by atoms with Crippen LogP contribution in [0.5, 0.6) is 11.5 Å². The topological polar surface area (TPSA) is 109 Å². The molecule has 1 heterocycles. The second kappa shape index (κ2) is 7.03. The number of fused-ring (bicyclic) bond motifs is 1. The molecule has 3 aromatic rings. The smallest absolute Gasteiger partial charge is 0.338 e. The molecule has 0 aliphatic heterocycles. The lowest BCUT2D eigenvalue weighted by atomic mass is 10.1. The SMILES string of the molecule is CC(C)Oc1ccc(-n2c(CC(=O)O)c(C(=O)O)c3cc(O)ccc32)cc1. The Morgan fingerprint density at radius 3 is 2.30 bits per heavy atom. The van der Waals surface area contributed by atoms with E-state index in [1.54, 1.807) is 34.9 Å². The molecule has 0 radical (unpaired) electrons. The van der Waals surface area contributed by atoms with Crippen LogP contribution in [0.4, 0.5) is 0 Å². The van der Waals surface area contributed by atoms with Crippen LogP contribution in [0.15, 0.2) is 42.5 Å². The third kappa shape index (κ3) is 3.57. The second-order valence-corrected chi connectivity index (χ2v) is 6.39. The number of aromatic nitrogens is 1. The van der Waals surface area contributed by atoms with Crippen molar-refractivity contribution in [1.82, 2.24) is 4.57 Å². The number of aromatic hydroxyl groups is 1. The van der Waals surface area contributed by atoms with Crippen LogP contribution < -0.4 is 4.74 Å². The van der Waals surface area contributed by atoms with Crippen LogP contribution in [0, 0.1) is 0 Å². The summed E-state index contributed by atoms with van der Waals surface area (Å²) in [7, 11) is 0. The van der Waals surface area contributed by atoms with Crippen molar-refractivity contribution < 1.29 is 29.6 Å². The highest BCUT2D eigenvalue weighted by molar-refractivity contribution is 6.07. The van der Waals surface area contributed by atoms with Gasteiger partial charge in [-0.3, -0.25) is 4.79 Å². The molecule has 0 atom stereocenters. The molecule has 0 bridgehead atoms. The number of aromatic carboxylic acids is 1. The number of nitrogens with zero attached hydrogens (tertiary/aromatic N) is 1. The molecule has 140 valence electrons. The summed E-state index contributed by atoms with van der Waals surface area (Å²) >= 11 is 0. The number of hydrogen-bond acceptors (Lipinski definition) is 4. The van der Waals surface area contributed by atoms with Gasteiger partial charge in [0, 0.05) is 16.8 Å². The highest BCUT2D eigenvalue weighted by atomic mass is 16.5. The van der Waals surface area contributed by atoms with Crippen molar-refractivity contribution in [3.05, 3.63) is 53.7 Å². The van der Waals surface area contributed by atoms with Crippen molar-refractivity contribution in [1.29, 1.82) is 0 Å². The number of phenolic OH excluding ortho intramolecular Hbond substituents is 1. The van der Waals surface area contributed by atoms with Crippen LogP contribution in [0.2, 0.25) is 0 Å². The average Bonchev–Trinajstić information content (AvgIpc) is 2.87. The van der Waals surface area contributed by atoms with E-state index in [-0.39, 0.29) is 28.5 Å². The standard InChI is InChI=1S/C20H19NO6/c1-11(2)27-14-6-3-12(4-7-14)21-16-8-5-13(22)9-15(16)19(20(25)26)17(21)10-18(23)24/h3-9,11,22H,10H2,1-2H3,(H,23,24)(H,25,26). The fourth-order valence-electron chi connectivity index (χ4n) is 3.12. The molecule has 2 aromatic carbocycles. The number of ether oxygens (including phenoxy) is 1. The first-order valence-electron chi connectivity index (χ1n) is 8.36. The third-order valence-corrected chi connectivity index (χ3v) is 4.05. The summed E-state index contributed by atoms with van der Waals surface area (Å²) in [6.07, 6.45) is -0.464. The minimum absolute atomic E-state index is 0.00687. The summed E-state index contributed by atoms with van der Waals surface area (Å²) in [5.74, 6) is -1.84. The van der Waals surface area contributed by atoms with E-state index in [0.717, 1.165) is 0 Å². The molecule has 27 heavy (non-hydrogen) atoms. The predicted molar refractivity (Wildman–Crippen MR) is 99.0 cm³/mol. The lowest BCUT2D eigenvalue weighted by Gasteiger charge is -2.13. The van der Waals surface area contributed by atoms with E-state index in [1.165, 1.54) is 12.1 Å². The number of hydrogen-bond donors (Lipinski definition) is 3. The Morgan fingerprint density at radius 1 is 1.07 bits per heavy atom. The van der Waals surface area contributed by atoms with Gasteiger partial charge in [0.05, 0.1) is 23.6 Å². The largest absolute Gasteiger partial charge is 0.508 e. The molecule has 7 nitrogen and oxygen atoms in total. The number of carboxylic acid groups (broad SMARTS) is 2. The number of carboxylic acids is 2. The van der Waals surface area contributed by atoms with Crippen LogP contribution >= 0.6 is 0 Å². The van der Waals surface area contributed by atoms with Gasteiger partial charge < -0.3 is 24.6 Å². The summed E-state index contributed by atoms with van der Waals surface area (Å²) in [6, 6.07) is 11.3. The Morgan fingerprint density at radius 2 is 1.74 bits per heavy atom. The normalized spacial score (nSPS) is 11.1. The maximum Gasteiger partial charge on any atom is 0.338 e. The van der Waals surface area contributed by atoms with Crippen molar-refractivity contribution in [3.63, 3.8) is 0 Å². The number of phenols is 1. The lowest BCUT2D eigenvalue weighted by Crippen LogP contribution is -2.11. The molecule has 7 heteroatoms. The Bertz CT molecular complexity index is 1020. The van der Waals surface area contributed by atoms with Crippen LogP contribution in [0.1, 0.15) is 29.9 Å². The van der Waals surface area contributed by atoms with Crippen LogP contribution in [0.3, 0.4) is 0 Å². The third-order valence-electron chi connectivity index (χ3n) is 4.05. The number of rotatable bonds is 6. The molecule has 0 aliphatic rings. The molecule has 3 rings (SSSR count). The van der Waals surface area contributed by atoms with Gasteiger partial charge in [-0.15, -0.1) is 0 Å². The molecular weight excluding hydrogens is 350 g/mol. The van der Waals surface area contributed by atoms with Crippen molar-refractivity contribution >= 4 is 22.8 Å². The number of benzene rings is 2. The lowest BCUT2D eigenvalue weighted by molar-refractivity contribution is -0.136. The van der Waals surface area contributed by atoms with Gasteiger partial charge in [0.15, 0.2) is 0 Å². The fourth-order valence-corrected chi connectivity index (χ4v) is 3.12. The van der Waals surface area contributed by atoms with Crippen LogP contribution in [-0.4, -0.2) is 37.9 Å². The van der Waals surface area contributed by atoms with Crippen molar-refractivity contribution in [2.24, 2.45) is 0 Å². The van der Waals surface area contributed by atoms with Gasteiger partial charge in [0.25, 0.3) is 0 Å². The first-order chi connectivity index (χ1) is 12.8. The van der Waals surface area contributed by atoms with E-state index in [9.17, 15) is 24.9 Å². The van der Waals surface area contributed by atoms with Gasteiger partial charge in [-0.2, -0.15) is 0 Å². The van der Waals surface area contributed by atoms with E-state index in [2.05, 4.69) is 0 Å². The molecule has 0 saturated carbocycles. The predicted octanol–water partition coefficient (Wildman–Crippen LogP) is 3.45. The zero-order chi connectivity index (χ0) is 19.7. The minimum atomic E-state index is -1.25. The van der Waals surface area contributed by atoms with E-state index in [1.807, 2.05) is 13.8 Å². The van der Waals surface area contributed by atoms with Gasteiger partial charge in [-0.25, -0.2) is 4.79 Å². The molecule has 0 saturated heterocycles. The molecule has 0 fully saturated rings. The van der Waals surface area contributed by atoms with Crippen molar-refractivity contribution in [3.8, 4) is 17.2 Å². The highest BCUT2D eigenvalue weighted by Gasteiger charge is 2.25. The van der Waals surface area contributed by atoms with Crippen LogP contribution in [0.25, 0.3) is 16.6 Å². The van der Waals surface area contributed by atoms with Gasteiger partial charge in [-0.1, -0.05) is 0 Å². The van der Waals surface area contributed by atoms with Gasteiger partial charge >= 0.3 is 11.9 Å². The number of carbonyl (C=O) groups is 2. The van der Waals surface area contributed by atoms with Gasteiger partial charge in [-0.05, 0) is 56.3 Å². The summed E-state index contributed by atoms with van der Waals surface area (Å²) in [6.45, 7) is 3.81. The zero-order valence-corrected chi connectivity index (χ0v) is 14.8. The maximum atomic E-state index is 11.8. The van der Waals surface area contributed by atoms with Gasteiger partial charge in [0.2, 0.25) is 0 Å². The molecule has 0 unspecified atom stereocenters. The van der Waals surface area contributed by atoms with Crippen molar-refractivity contribution in [2.45, 2.75) is 26.4 Å². The Kier molecular flexibility index (Phi) is 4.77. The molecule has 0 amide bonds. The Labute approximate surface area is 155 Å². The minimum Gasteiger partial charge on any atom is -0.508 e. The molecule has 3 N–H and O–H groups in total. The monoisotopic (exact) mass is 369 g/mol. The summed E-state index contributed by atoms with van der Waals surface area (Å²) in [4.78, 5) is 23.2. The summed E-state index contributed by atoms with van der Waals surface area (Å²) in [5.41, 5.74) is 1.10. The van der Waals surface area contributed by atoms with E-state index < -0.39 is 18.4 Å². The summed E-state index contributed by atoms with van der Waals surface area (Å²) < 4.78 is 7.20. The Balaban J connectivity index is 2.27. The van der Waals surface area contributed by atoms with E-state index in [0.29, 0.717) is 17.0 Å². The quantitative estimate of drug-likeness (QED) is 0.614. The van der Waals surface area contributed by atoms with Gasteiger partial charge in [0.1, 0.15) is 11.5 Å². The van der Waals surface area contributed by atoms with Crippen LogP contribution in [-0.2, 0) is 11.2 Å². The maximum absolute atomic E-state index is 11.8. The van der Waals surface area contributed by atoms with Crippen molar-refractivity contribution in [2.75, 3.05) is 0 Å². The first kappa shape index (κ1) is 18.3. The molecule has 0 aliphatic carbocycles. The van der Waals surface area contributed by atoms with E-state index in [4.69, 9.17) is 4.74 Å². The van der Waals surface area contributed by atoms with E-state index >= 15 is 0 Å². The average molecular weight is 369 g/mol. The fraction of sp³-hybridized carbons (Fsp3) is 0.200. The second-order valence-electron chi connectivity index (χ2n) is 6.39.